The predicted octanol–water partition coefficient (Wildman–Crippen LogP) is 4.11. The van der Waals surface area contributed by atoms with E-state index in [1.807, 2.05) is 0 Å². The standard InChI is InChI=1S/C13H8ClF2NO3/c14-10-5-4-8(17(18)19)6-13(10)20-7-9-11(15)2-1-3-12(9)16/h1-6H,7H2. The zero-order valence-electron chi connectivity index (χ0n) is 9.98. The van der Waals surface area contributed by atoms with Crippen LogP contribution in [-0.2, 0) is 6.61 Å². The highest BCUT2D eigenvalue weighted by Crippen LogP contribution is 2.29. The average molecular weight is 300 g/mol. The fourth-order valence-electron chi connectivity index (χ4n) is 1.54. The van der Waals surface area contributed by atoms with E-state index < -0.39 is 23.2 Å². The van der Waals surface area contributed by atoms with Crippen LogP contribution in [0.1, 0.15) is 5.56 Å². The van der Waals surface area contributed by atoms with Crippen LogP contribution in [0.2, 0.25) is 5.02 Å². The lowest BCUT2D eigenvalue weighted by molar-refractivity contribution is -0.384. The summed E-state index contributed by atoms with van der Waals surface area (Å²) >= 11 is 5.81. The topological polar surface area (TPSA) is 52.4 Å². The first-order valence-electron chi connectivity index (χ1n) is 5.48. The Labute approximate surface area is 117 Å². The molecule has 0 bridgehead atoms. The van der Waals surface area contributed by atoms with Crippen LogP contribution in [0.25, 0.3) is 0 Å². The molecule has 0 amide bonds. The average Bonchev–Trinajstić information content (AvgIpc) is 2.39. The van der Waals surface area contributed by atoms with Gasteiger partial charge in [-0.15, -0.1) is 0 Å². The largest absolute Gasteiger partial charge is 0.487 e. The monoisotopic (exact) mass is 299 g/mol. The molecule has 20 heavy (non-hydrogen) atoms. The minimum atomic E-state index is -0.758. The normalized spacial score (nSPS) is 10.3. The van der Waals surface area contributed by atoms with Gasteiger partial charge in [0.1, 0.15) is 24.0 Å². The van der Waals surface area contributed by atoms with E-state index in [1.165, 1.54) is 18.2 Å². The Morgan fingerprint density at radius 1 is 1.20 bits per heavy atom. The molecule has 0 aliphatic heterocycles. The van der Waals surface area contributed by atoms with Crippen LogP contribution >= 0.6 is 11.6 Å². The Morgan fingerprint density at radius 3 is 2.45 bits per heavy atom. The quantitative estimate of drug-likeness (QED) is 0.630. The van der Waals surface area contributed by atoms with E-state index in [-0.39, 0.29) is 22.0 Å². The van der Waals surface area contributed by atoms with Crippen molar-refractivity contribution in [1.82, 2.24) is 0 Å². The van der Waals surface area contributed by atoms with E-state index in [4.69, 9.17) is 16.3 Å². The number of halogens is 3. The van der Waals surface area contributed by atoms with Gasteiger partial charge in [-0.1, -0.05) is 17.7 Å². The zero-order chi connectivity index (χ0) is 14.7. The molecule has 0 aliphatic carbocycles. The van der Waals surface area contributed by atoms with Gasteiger partial charge in [0.2, 0.25) is 0 Å². The molecule has 4 nitrogen and oxygen atoms in total. The van der Waals surface area contributed by atoms with Crippen molar-refractivity contribution < 1.29 is 18.4 Å². The SMILES string of the molecule is O=[N+]([O-])c1ccc(Cl)c(OCc2c(F)cccc2F)c1. The summed E-state index contributed by atoms with van der Waals surface area (Å²) in [6.45, 7) is -0.417. The van der Waals surface area contributed by atoms with Crippen molar-refractivity contribution in [3.8, 4) is 5.75 Å². The van der Waals surface area contributed by atoms with E-state index in [2.05, 4.69) is 0 Å². The summed E-state index contributed by atoms with van der Waals surface area (Å²) in [5.41, 5.74) is -0.492. The molecule has 0 heterocycles. The summed E-state index contributed by atoms with van der Waals surface area (Å²) in [4.78, 5) is 10.0. The molecule has 2 aromatic carbocycles. The van der Waals surface area contributed by atoms with E-state index in [9.17, 15) is 18.9 Å². The minimum absolute atomic E-state index is 0.0106. The molecular formula is C13H8ClF2NO3. The van der Waals surface area contributed by atoms with Crippen molar-refractivity contribution in [1.29, 1.82) is 0 Å². The lowest BCUT2D eigenvalue weighted by Gasteiger charge is -2.09. The van der Waals surface area contributed by atoms with Crippen molar-refractivity contribution in [2.45, 2.75) is 6.61 Å². The number of hydrogen-bond donors (Lipinski definition) is 0. The number of ether oxygens (including phenoxy) is 1. The maximum atomic E-state index is 13.4. The molecule has 0 aromatic heterocycles. The van der Waals surface area contributed by atoms with Crippen LogP contribution in [-0.4, -0.2) is 4.92 Å². The van der Waals surface area contributed by atoms with Crippen LogP contribution in [0.5, 0.6) is 5.75 Å². The molecule has 0 radical (unpaired) electrons. The third-order valence-electron chi connectivity index (χ3n) is 2.56. The van der Waals surface area contributed by atoms with Gasteiger partial charge >= 0.3 is 0 Å². The van der Waals surface area contributed by atoms with Crippen LogP contribution in [0.3, 0.4) is 0 Å². The summed E-state index contributed by atoms with van der Waals surface area (Å²) in [5.74, 6) is -1.53. The number of non-ortho nitro benzene ring substituents is 1. The second-order valence-corrected chi connectivity index (χ2v) is 4.27. The van der Waals surface area contributed by atoms with Gasteiger partial charge in [0.05, 0.1) is 21.6 Å². The highest BCUT2D eigenvalue weighted by molar-refractivity contribution is 6.32. The molecule has 0 fully saturated rings. The minimum Gasteiger partial charge on any atom is -0.487 e. The van der Waals surface area contributed by atoms with Crippen molar-refractivity contribution in [3.05, 3.63) is 68.7 Å². The molecule has 104 valence electrons. The summed E-state index contributed by atoms with van der Waals surface area (Å²) in [7, 11) is 0. The Morgan fingerprint density at radius 2 is 1.85 bits per heavy atom. The first-order valence-corrected chi connectivity index (χ1v) is 5.86. The fourth-order valence-corrected chi connectivity index (χ4v) is 1.71. The Bertz CT molecular complexity index is 644. The lowest BCUT2D eigenvalue weighted by atomic mass is 10.2. The molecule has 2 rings (SSSR count). The van der Waals surface area contributed by atoms with E-state index in [0.717, 1.165) is 18.2 Å². The first kappa shape index (κ1) is 14.2. The van der Waals surface area contributed by atoms with E-state index in [1.54, 1.807) is 0 Å². The number of nitro benzene ring substituents is 1. The number of rotatable bonds is 4. The van der Waals surface area contributed by atoms with Gasteiger partial charge in [-0.2, -0.15) is 0 Å². The maximum Gasteiger partial charge on any atom is 0.273 e. The summed E-state index contributed by atoms with van der Waals surface area (Å²) in [5, 5.41) is 10.8. The van der Waals surface area contributed by atoms with Crippen LogP contribution in [0.15, 0.2) is 36.4 Å². The summed E-state index contributed by atoms with van der Waals surface area (Å²) in [6.07, 6.45) is 0. The fraction of sp³-hybridized carbons (Fsp3) is 0.0769. The molecule has 0 saturated carbocycles. The first-order chi connectivity index (χ1) is 9.49. The number of hydrogen-bond acceptors (Lipinski definition) is 3. The van der Waals surface area contributed by atoms with Gasteiger partial charge in [-0.3, -0.25) is 10.1 Å². The van der Waals surface area contributed by atoms with E-state index in [0.29, 0.717) is 0 Å². The number of benzene rings is 2. The van der Waals surface area contributed by atoms with Gasteiger partial charge in [0, 0.05) is 6.07 Å². The van der Waals surface area contributed by atoms with Crippen LogP contribution in [0.4, 0.5) is 14.5 Å². The van der Waals surface area contributed by atoms with Gasteiger partial charge in [-0.25, -0.2) is 8.78 Å². The van der Waals surface area contributed by atoms with E-state index >= 15 is 0 Å². The third-order valence-corrected chi connectivity index (χ3v) is 2.87. The Kier molecular flexibility index (Phi) is 4.14. The second-order valence-electron chi connectivity index (χ2n) is 3.86. The highest BCUT2D eigenvalue weighted by atomic mass is 35.5. The molecule has 7 heteroatoms. The van der Waals surface area contributed by atoms with Crippen LogP contribution < -0.4 is 4.74 Å². The number of nitro groups is 1. The zero-order valence-corrected chi connectivity index (χ0v) is 10.7. The van der Waals surface area contributed by atoms with Gasteiger partial charge < -0.3 is 4.74 Å². The van der Waals surface area contributed by atoms with Gasteiger partial charge in [0.25, 0.3) is 5.69 Å². The van der Waals surface area contributed by atoms with Gasteiger partial charge in [0.15, 0.2) is 0 Å². The Balaban J connectivity index is 2.23. The molecule has 0 atom stereocenters. The summed E-state index contributed by atoms with van der Waals surface area (Å²) < 4.78 is 32.0. The Hall–Kier alpha value is -2.21. The lowest BCUT2D eigenvalue weighted by Crippen LogP contribution is -2.02. The van der Waals surface area contributed by atoms with Crippen molar-refractivity contribution in [2.75, 3.05) is 0 Å². The van der Waals surface area contributed by atoms with Crippen molar-refractivity contribution in [3.63, 3.8) is 0 Å². The molecule has 0 saturated heterocycles. The highest BCUT2D eigenvalue weighted by Gasteiger charge is 2.13. The van der Waals surface area contributed by atoms with Crippen LogP contribution in [0, 0.1) is 21.7 Å². The van der Waals surface area contributed by atoms with Crippen molar-refractivity contribution >= 4 is 17.3 Å². The maximum absolute atomic E-state index is 13.4. The molecular weight excluding hydrogens is 292 g/mol. The molecule has 2 aromatic rings. The third kappa shape index (κ3) is 3.03. The summed E-state index contributed by atoms with van der Waals surface area (Å²) in [6, 6.07) is 7.01. The number of nitrogens with zero attached hydrogens (tertiary/aromatic N) is 1. The predicted molar refractivity (Wildman–Crippen MR) is 68.8 cm³/mol. The molecule has 0 spiro atoms. The smallest absolute Gasteiger partial charge is 0.273 e. The van der Waals surface area contributed by atoms with Crippen molar-refractivity contribution in [2.24, 2.45) is 0 Å². The second kappa shape index (κ2) is 5.83. The molecule has 0 N–H and O–H groups in total. The molecule has 0 unspecified atom stereocenters. The van der Waals surface area contributed by atoms with Gasteiger partial charge in [-0.05, 0) is 18.2 Å². The molecule has 0 aliphatic rings.